The third kappa shape index (κ3) is 6.58. The number of benzene rings is 1. The van der Waals surface area contributed by atoms with Crippen LogP contribution < -0.4 is 4.74 Å². The lowest BCUT2D eigenvalue weighted by atomic mass is 10.1. The number of nitrogens with zero attached hydrogens (tertiary/aromatic N) is 2. The average molecular weight is 298 g/mol. The molecule has 0 N–H and O–H groups in total. The summed E-state index contributed by atoms with van der Waals surface area (Å²) in [6.07, 6.45) is 3.37. The Kier molecular flexibility index (Phi) is 7.86. The monoisotopic (exact) mass is 298 g/mol. The number of rotatable bonds is 8. The lowest BCUT2D eigenvalue weighted by molar-refractivity contribution is -0.143. The van der Waals surface area contributed by atoms with Crippen LogP contribution in [0, 0.1) is 22.7 Å². The molecule has 0 aromatic heterocycles. The molecule has 5 heteroatoms. The van der Waals surface area contributed by atoms with E-state index in [0.29, 0.717) is 31.8 Å². The van der Waals surface area contributed by atoms with Crippen LogP contribution in [0.5, 0.6) is 5.75 Å². The number of hydrogen-bond acceptors (Lipinski definition) is 5. The second-order valence-electron chi connectivity index (χ2n) is 4.46. The first-order valence-electron chi connectivity index (χ1n) is 7.10. The number of nitriles is 2. The standard InChI is InChI=1S/C17H18N2O3/c1-2-21-17(20)8-3-4-9-22-16-7-5-6-14(11-16)10-15(12-18)13-19/h5-7,10-11H,2-4,8-9H2,1H3. The van der Waals surface area contributed by atoms with E-state index in [-0.39, 0.29) is 11.5 Å². The molecule has 0 unspecified atom stereocenters. The smallest absolute Gasteiger partial charge is 0.305 e. The van der Waals surface area contributed by atoms with Gasteiger partial charge in [-0.15, -0.1) is 0 Å². The molecule has 1 aromatic rings. The summed E-state index contributed by atoms with van der Waals surface area (Å²) in [5, 5.41) is 17.5. The predicted molar refractivity (Wildman–Crippen MR) is 81.6 cm³/mol. The van der Waals surface area contributed by atoms with Gasteiger partial charge in [0.1, 0.15) is 23.5 Å². The molecule has 0 aliphatic rings. The second kappa shape index (κ2) is 10.0. The lowest BCUT2D eigenvalue weighted by Gasteiger charge is -2.07. The second-order valence-corrected chi connectivity index (χ2v) is 4.46. The number of carbonyl (C=O) groups is 1. The zero-order valence-electron chi connectivity index (χ0n) is 12.5. The van der Waals surface area contributed by atoms with Gasteiger partial charge in [0.05, 0.1) is 13.2 Å². The molecule has 0 heterocycles. The molecule has 22 heavy (non-hydrogen) atoms. The van der Waals surface area contributed by atoms with Crippen LogP contribution in [0.1, 0.15) is 31.7 Å². The van der Waals surface area contributed by atoms with Crippen molar-refractivity contribution in [3.05, 3.63) is 35.4 Å². The van der Waals surface area contributed by atoms with E-state index in [1.54, 1.807) is 31.2 Å². The quantitative estimate of drug-likeness (QED) is 0.418. The van der Waals surface area contributed by atoms with Gasteiger partial charge >= 0.3 is 5.97 Å². The Morgan fingerprint density at radius 3 is 2.73 bits per heavy atom. The molecule has 1 rings (SSSR count). The number of allylic oxidation sites excluding steroid dienone is 1. The van der Waals surface area contributed by atoms with E-state index in [9.17, 15) is 4.79 Å². The van der Waals surface area contributed by atoms with Gasteiger partial charge in [0, 0.05) is 6.42 Å². The van der Waals surface area contributed by atoms with Crippen LogP contribution in [0.3, 0.4) is 0 Å². The molecular weight excluding hydrogens is 280 g/mol. The first kappa shape index (κ1) is 17.3. The highest BCUT2D eigenvalue weighted by molar-refractivity contribution is 5.69. The van der Waals surface area contributed by atoms with E-state index in [2.05, 4.69) is 0 Å². The molecule has 0 saturated carbocycles. The molecule has 114 valence electrons. The topological polar surface area (TPSA) is 83.1 Å². The summed E-state index contributed by atoms with van der Waals surface area (Å²) in [7, 11) is 0. The maximum Gasteiger partial charge on any atom is 0.305 e. The van der Waals surface area contributed by atoms with Crippen molar-refractivity contribution in [1.29, 1.82) is 10.5 Å². The molecule has 0 amide bonds. The molecule has 0 aliphatic heterocycles. The minimum absolute atomic E-state index is 0.0478. The Morgan fingerprint density at radius 1 is 1.27 bits per heavy atom. The van der Waals surface area contributed by atoms with Gasteiger partial charge in [-0.25, -0.2) is 0 Å². The molecule has 0 radical (unpaired) electrons. The molecule has 0 bridgehead atoms. The Morgan fingerprint density at radius 2 is 2.05 bits per heavy atom. The summed E-state index contributed by atoms with van der Waals surface area (Å²) in [5.41, 5.74) is 0.786. The van der Waals surface area contributed by atoms with Gasteiger partial charge in [-0.05, 0) is 43.5 Å². The van der Waals surface area contributed by atoms with Gasteiger partial charge in [-0.1, -0.05) is 12.1 Å². The predicted octanol–water partition coefficient (Wildman–Crippen LogP) is 3.23. The third-order valence-electron chi connectivity index (χ3n) is 2.76. The van der Waals surface area contributed by atoms with Gasteiger partial charge in [-0.2, -0.15) is 10.5 Å². The largest absolute Gasteiger partial charge is 0.494 e. The number of esters is 1. The molecule has 0 saturated heterocycles. The molecule has 0 atom stereocenters. The van der Waals surface area contributed by atoms with Crippen molar-refractivity contribution in [2.24, 2.45) is 0 Å². The van der Waals surface area contributed by atoms with Crippen LogP contribution in [-0.2, 0) is 9.53 Å². The molecule has 0 aliphatic carbocycles. The van der Waals surface area contributed by atoms with Gasteiger partial charge in [0.2, 0.25) is 0 Å². The van der Waals surface area contributed by atoms with Gasteiger partial charge < -0.3 is 9.47 Å². The molecular formula is C17H18N2O3. The van der Waals surface area contributed by atoms with Crippen LogP contribution in [0.4, 0.5) is 0 Å². The van der Waals surface area contributed by atoms with Crippen molar-refractivity contribution in [2.75, 3.05) is 13.2 Å². The Balaban J connectivity index is 2.42. The van der Waals surface area contributed by atoms with E-state index in [1.807, 2.05) is 12.1 Å². The maximum absolute atomic E-state index is 11.2. The summed E-state index contributed by atoms with van der Waals surface area (Å²) >= 11 is 0. The van der Waals surface area contributed by atoms with Gasteiger partial charge in [-0.3, -0.25) is 4.79 Å². The zero-order chi connectivity index (χ0) is 16.2. The van der Waals surface area contributed by atoms with Crippen LogP contribution >= 0.6 is 0 Å². The van der Waals surface area contributed by atoms with Crippen molar-refractivity contribution >= 4 is 12.0 Å². The Labute approximate surface area is 130 Å². The number of unbranched alkanes of at least 4 members (excludes halogenated alkanes) is 1. The van der Waals surface area contributed by atoms with E-state index >= 15 is 0 Å². The van der Waals surface area contributed by atoms with Gasteiger partial charge in [0.25, 0.3) is 0 Å². The minimum Gasteiger partial charge on any atom is -0.494 e. The normalized spacial score (nSPS) is 9.23. The van der Waals surface area contributed by atoms with Crippen molar-refractivity contribution in [3.63, 3.8) is 0 Å². The molecule has 0 spiro atoms. The average Bonchev–Trinajstić information content (AvgIpc) is 2.53. The summed E-state index contributed by atoms with van der Waals surface area (Å²) in [6, 6.07) is 10.8. The highest BCUT2D eigenvalue weighted by atomic mass is 16.5. The molecule has 0 fully saturated rings. The Bertz CT molecular complexity index is 593. The Hall–Kier alpha value is -2.79. The van der Waals surface area contributed by atoms with Crippen molar-refractivity contribution in [1.82, 2.24) is 0 Å². The number of ether oxygens (including phenoxy) is 2. The highest BCUT2D eigenvalue weighted by Gasteiger charge is 2.02. The van der Waals surface area contributed by atoms with Crippen LogP contribution in [-0.4, -0.2) is 19.2 Å². The molecule has 5 nitrogen and oxygen atoms in total. The highest BCUT2D eigenvalue weighted by Crippen LogP contribution is 2.16. The fraction of sp³-hybridized carbons (Fsp3) is 0.353. The minimum atomic E-state index is -0.185. The van der Waals surface area contributed by atoms with Crippen molar-refractivity contribution < 1.29 is 14.3 Å². The van der Waals surface area contributed by atoms with E-state index in [0.717, 1.165) is 12.0 Å². The summed E-state index contributed by atoms with van der Waals surface area (Å²) in [5.74, 6) is 0.482. The van der Waals surface area contributed by atoms with Crippen molar-refractivity contribution in [2.45, 2.75) is 26.2 Å². The summed E-state index contributed by atoms with van der Waals surface area (Å²) < 4.78 is 10.4. The SMILES string of the molecule is CCOC(=O)CCCCOc1cccc(C=C(C#N)C#N)c1. The fourth-order valence-electron chi connectivity index (χ4n) is 1.74. The fourth-order valence-corrected chi connectivity index (χ4v) is 1.74. The van der Waals surface area contributed by atoms with E-state index < -0.39 is 0 Å². The van der Waals surface area contributed by atoms with Crippen LogP contribution in [0.2, 0.25) is 0 Å². The summed E-state index contributed by atoms with van der Waals surface area (Å²) in [6.45, 7) is 2.69. The number of hydrogen-bond donors (Lipinski definition) is 0. The first-order valence-corrected chi connectivity index (χ1v) is 7.10. The third-order valence-corrected chi connectivity index (χ3v) is 2.76. The lowest BCUT2D eigenvalue weighted by Crippen LogP contribution is -2.05. The van der Waals surface area contributed by atoms with E-state index in [4.69, 9.17) is 20.0 Å². The van der Waals surface area contributed by atoms with Crippen molar-refractivity contribution in [3.8, 4) is 17.9 Å². The van der Waals surface area contributed by atoms with Crippen LogP contribution in [0.15, 0.2) is 29.8 Å². The summed E-state index contributed by atoms with van der Waals surface area (Å²) in [4.78, 5) is 11.2. The van der Waals surface area contributed by atoms with E-state index in [1.165, 1.54) is 6.08 Å². The van der Waals surface area contributed by atoms with Gasteiger partial charge in [0.15, 0.2) is 0 Å². The first-order chi connectivity index (χ1) is 10.7. The maximum atomic E-state index is 11.2. The number of carbonyl (C=O) groups excluding carboxylic acids is 1. The van der Waals surface area contributed by atoms with Crippen LogP contribution in [0.25, 0.3) is 6.08 Å². The zero-order valence-corrected chi connectivity index (χ0v) is 12.5. The molecule has 1 aromatic carbocycles.